The summed E-state index contributed by atoms with van der Waals surface area (Å²) in [6.07, 6.45) is 0. The molecule has 0 radical (unpaired) electrons. The van der Waals surface area contributed by atoms with Crippen molar-refractivity contribution in [2.24, 2.45) is 0 Å². The molecule has 0 saturated heterocycles. The molecule has 0 aliphatic rings. The van der Waals surface area contributed by atoms with Gasteiger partial charge in [0.1, 0.15) is 11.5 Å². The zero-order chi connectivity index (χ0) is 13.9. The molecule has 3 N–H and O–H groups in total. The Kier molecular flexibility index (Phi) is 3.75. The number of rotatable bonds is 4. The number of aromatic amines is 1. The summed E-state index contributed by atoms with van der Waals surface area (Å²) < 4.78 is 6.22. The molecule has 1 aromatic carbocycles. The molecule has 2 heterocycles. The molecular weight excluding hydrogens is 342 g/mol. The second-order valence-electron chi connectivity index (χ2n) is 3.96. The minimum atomic E-state index is 0.389. The molecule has 0 unspecified atom stereocenters. The highest BCUT2D eigenvalue weighted by molar-refractivity contribution is 9.10. The first-order valence-corrected chi connectivity index (χ1v) is 7.51. The van der Waals surface area contributed by atoms with Gasteiger partial charge in [0.25, 0.3) is 5.89 Å². The van der Waals surface area contributed by atoms with Gasteiger partial charge in [0.2, 0.25) is 0 Å². The van der Waals surface area contributed by atoms with Crippen LogP contribution >= 0.6 is 27.7 Å². The number of thioether (sulfide) groups is 1. The third-order valence-corrected chi connectivity index (χ3v) is 4.01. The van der Waals surface area contributed by atoms with E-state index in [1.54, 1.807) is 17.8 Å². The highest BCUT2D eigenvalue weighted by Gasteiger charge is 2.11. The summed E-state index contributed by atoms with van der Waals surface area (Å²) in [6, 6.07) is 9.71. The number of benzene rings is 1. The minimum Gasteiger partial charge on any atom is -0.382 e. The largest absolute Gasteiger partial charge is 0.382 e. The lowest BCUT2D eigenvalue weighted by Crippen LogP contribution is -1.84. The number of nitrogens with two attached hydrogens (primary N) is 1. The number of nitrogens with zero attached hydrogens (tertiary/aromatic N) is 3. The molecule has 2 aromatic heterocycles. The molecular formula is C12H10BrN5OS. The van der Waals surface area contributed by atoms with Gasteiger partial charge in [0, 0.05) is 15.4 Å². The molecule has 0 saturated carbocycles. The molecule has 0 atom stereocenters. The van der Waals surface area contributed by atoms with E-state index in [0.717, 1.165) is 9.37 Å². The molecule has 0 aliphatic heterocycles. The van der Waals surface area contributed by atoms with E-state index in [0.29, 0.717) is 29.0 Å². The average molecular weight is 352 g/mol. The van der Waals surface area contributed by atoms with Crippen molar-refractivity contribution in [1.82, 2.24) is 20.3 Å². The smallest absolute Gasteiger partial charge is 0.276 e. The summed E-state index contributed by atoms with van der Waals surface area (Å²) in [5, 5.41) is 10.5. The van der Waals surface area contributed by atoms with Crippen LogP contribution in [0, 0.1) is 0 Å². The fourth-order valence-electron chi connectivity index (χ4n) is 1.55. The number of hydrogen-bond acceptors (Lipinski definition) is 6. The number of nitrogens with one attached hydrogen (secondary N) is 1. The Hall–Kier alpha value is -1.80. The number of aromatic nitrogens is 4. The predicted octanol–water partition coefficient (Wildman–Crippen LogP) is 3.10. The Morgan fingerprint density at radius 1 is 1.30 bits per heavy atom. The molecule has 6 nitrogen and oxygen atoms in total. The third kappa shape index (κ3) is 3.02. The maximum atomic E-state index is 5.53. The monoisotopic (exact) mass is 351 g/mol. The number of hydrogen-bond donors (Lipinski definition) is 2. The number of anilines is 1. The van der Waals surface area contributed by atoms with Gasteiger partial charge in [0.15, 0.2) is 5.82 Å². The molecule has 102 valence electrons. The summed E-state index contributed by atoms with van der Waals surface area (Å²) in [5.74, 6) is 2.04. The lowest BCUT2D eigenvalue weighted by molar-refractivity contribution is 0.424. The summed E-state index contributed by atoms with van der Waals surface area (Å²) in [5.41, 5.74) is 6.15. The van der Waals surface area contributed by atoms with Crippen LogP contribution < -0.4 is 5.73 Å². The normalized spacial score (nSPS) is 10.8. The van der Waals surface area contributed by atoms with Crippen LogP contribution in [-0.4, -0.2) is 20.3 Å². The van der Waals surface area contributed by atoms with Crippen molar-refractivity contribution in [3.05, 3.63) is 40.6 Å². The van der Waals surface area contributed by atoms with Crippen LogP contribution in [0.5, 0.6) is 0 Å². The van der Waals surface area contributed by atoms with Crippen LogP contribution in [0.3, 0.4) is 0 Å². The van der Waals surface area contributed by atoms with Crippen molar-refractivity contribution in [2.75, 3.05) is 5.73 Å². The van der Waals surface area contributed by atoms with E-state index in [2.05, 4.69) is 36.3 Å². The third-order valence-electron chi connectivity index (χ3n) is 2.48. The fourth-order valence-corrected chi connectivity index (χ4v) is 2.55. The molecule has 3 rings (SSSR count). The van der Waals surface area contributed by atoms with Gasteiger partial charge < -0.3 is 10.3 Å². The van der Waals surface area contributed by atoms with Crippen LogP contribution in [0.4, 0.5) is 5.82 Å². The molecule has 3 aromatic rings. The molecule has 8 heteroatoms. The SMILES string of the molecule is Nc1cc(-c2nc(CSc3ccc(Br)cc3)no2)[nH]n1. The molecule has 0 bridgehead atoms. The summed E-state index contributed by atoms with van der Waals surface area (Å²) >= 11 is 5.04. The van der Waals surface area contributed by atoms with E-state index in [-0.39, 0.29) is 0 Å². The van der Waals surface area contributed by atoms with Gasteiger partial charge in [-0.1, -0.05) is 21.1 Å². The zero-order valence-electron chi connectivity index (χ0n) is 10.2. The number of nitrogen functional groups attached to an aromatic ring is 1. The van der Waals surface area contributed by atoms with Gasteiger partial charge in [0.05, 0.1) is 5.75 Å². The van der Waals surface area contributed by atoms with Crippen molar-refractivity contribution in [2.45, 2.75) is 10.6 Å². The lowest BCUT2D eigenvalue weighted by Gasteiger charge is -1.97. The van der Waals surface area contributed by atoms with Gasteiger partial charge in [-0.15, -0.1) is 11.8 Å². The van der Waals surface area contributed by atoms with Crippen LogP contribution in [0.25, 0.3) is 11.6 Å². The van der Waals surface area contributed by atoms with Crippen molar-refractivity contribution >= 4 is 33.5 Å². The summed E-state index contributed by atoms with van der Waals surface area (Å²) in [4.78, 5) is 5.44. The second-order valence-corrected chi connectivity index (χ2v) is 5.93. The Bertz CT molecular complexity index is 709. The Labute approximate surface area is 127 Å². The lowest BCUT2D eigenvalue weighted by atomic mass is 10.4. The van der Waals surface area contributed by atoms with Gasteiger partial charge in [-0.25, -0.2) is 0 Å². The van der Waals surface area contributed by atoms with Crippen LogP contribution in [0.1, 0.15) is 5.82 Å². The highest BCUT2D eigenvalue weighted by atomic mass is 79.9. The first kappa shape index (κ1) is 13.2. The topological polar surface area (TPSA) is 93.6 Å². The van der Waals surface area contributed by atoms with Crippen molar-refractivity contribution < 1.29 is 4.52 Å². The van der Waals surface area contributed by atoms with E-state index in [1.807, 2.05) is 24.3 Å². The molecule has 0 spiro atoms. The van der Waals surface area contributed by atoms with Crippen molar-refractivity contribution in [3.8, 4) is 11.6 Å². The van der Waals surface area contributed by atoms with Crippen molar-refractivity contribution in [3.63, 3.8) is 0 Å². The van der Waals surface area contributed by atoms with E-state index in [1.165, 1.54) is 0 Å². The van der Waals surface area contributed by atoms with Crippen molar-refractivity contribution in [1.29, 1.82) is 0 Å². The van der Waals surface area contributed by atoms with Crippen LogP contribution in [0.2, 0.25) is 0 Å². The van der Waals surface area contributed by atoms with Gasteiger partial charge in [-0.05, 0) is 24.3 Å². The van der Waals surface area contributed by atoms with E-state index in [9.17, 15) is 0 Å². The quantitative estimate of drug-likeness (QED) is 0.701. The molecule has 0 aliphatic carbocycles. The standard InChI is InChI=1S/C12H10BrN5OS/c13-7-1-3-8(4-2-7)20-6-11-15-12(19-18-11)9-5-10(14)17-16-9/h1-5H,6H2,(H3,14,16,17). The Morgan fingerprint density at radius 2 is 2.10 bits per heavy atom. The first-order valence-electron chi connectivity index (χ1n) is 5.73. The van der Waals surface area contributed by atoms with Gasteiger partial charge in [-0.3, -0.25) is 5.10 Å². The van der Waals surface area contributed by atoms with Gasteiger partial charge in [-0.2, -0.15) is 10.1 Å². The van der Waals surface area contributed by atoms with E-state index < -0.39 is 0 Å². The predicted molar refractivity (Wildman–Crippen MR) is 80.0 cm³/mol. The van der Waals surface area contributed by atoms with Crippen LogP contribution in [0.15, 0.2) is 44.2 Å². The zero-order valence-corrected chi connectivity index (χ0v) is 12.6. The highest BCUT2D eigenvalue weighted by Crippen LogP contribution is 2.24. The Morgan fingerprint density at radius 3 is 2.80 bits per heavy atom. The maximum Gasteiger partial charge on any atom is 0.276 e. The number of H-pyrrole nitrogens is 1. The molecule has 0 amide bonds. The van der Waals surface area contributed by atoms with Crippen LogP contribution in [-0.2, 0) is 5.75 Å². The minimum absolute atomic E-state index is 0.389. The molecule has 20 heavy (non-hydrogen) atoms. The number of halogens is 1. The Balaban J connectivity index is 1.67. The average Bonchev–Trinajstić information content (AvgIpc) is 3.07. The summed E-state index contributed by atoms with van der Waals surface area (Å²) in [6.45, 7) is 0. The maximum absolute atomic E-state index is 5.53. The van der Waals surface area contributed by atoms with Gasteiger partial charge >= 0.3 is 0 Å². The van der Waals surface area contributed by atoms with E-state index in [4.69, 9.17) is 10.3 Å². The summed E-state index contributed by atoms with van der Waals surface area (Å²) in [7, 11) is 0. The molecule has 0 fully saturated rings. The second kappa shape index (κ2) is 5.68. The van der Waals surface area contributed by atoms with E-state index >= 15 is 0 Å². The first-order chi connectivity index (χ1) is 9.70. The fraction of sp³-hybridized carbons (Fsp3) is 0.0833.